The first-order valence-electron chi connectivity index (χ1n) is 2.96. The van der Waals surface area contributed by atoms with Crippen molar-refractivity contribution in [2.45, 2.75) is 0 Å². The average molecular weight is 269 g/mol. The molecule has 0 bridgehead atoms. The number of hydrogen-bond acceptors (Lipinski definition) is 1. The van der Waals surface area contributed by atoms with Crippen molar-refractivity contribution in [2.24, 2.45) is 5.73 Å². The van der Waals surface area contributed by atoms with Crippen molar-refractivity contribution >= 4 is 45.0 Å². The molecule has 1 amide bonds. The van der Waals surface area contributed by atoms with Crippen molar-refractivity contribution in [2.75, 3.05) is 0 Å². The van der Waals surface area contributed by atoms with Crippen LogP contribution in [-0.4, -0.2) is 5.91 Å². The molecule has 2 N–H and O–H groups in total. The zero-order valence-electron chi connectivity index (χ0n) is 5.77. The maximum absolute atomic E-state index is 10.8. The smallest absolute Gasteiger partial charge is 0.251 e. The number of rotatable bonds is 1. The maximum atomic E-state index is 10.8. The molecule has 0 saturated heterocycles. The Bertz CT molecular complexity index is 317. The topological polar surface area (TPSA) is 43.1 Å². The van der Waals surface area contributed by atoms with Crippen LogP contribution in [0.1, 0.15) is 10.4 Å². The number of amides is 1. The molecule has 0 spiro atoms. The molecule has 0 fully saturated rings. The van der Waals surface area contributed by atoms with Gasteiger partial charge in [0.1, 0.15) is 0 Å². The first kappa shape index (κ1) is 9.84. The van der Waals surface area contributed by atoms with Gasteiger partial charge in [0, 0.05) is 4.47 Å². The Balaban J connectivity index is 3.38. The average Bonchev–Trinajstić information content (AvgIpc) is 1.82. The number of nitrogens with two attached hydrogens (primary N) is 1. The van der Waals surface area contributed by atoms with Crippen molar-refractivity contribution < 1.29 is 4.79 Å². The van der Waals surface area contributed by atoms with Crippen LogP contribution in [0.5, 0.6) is 0 Å². The zero-order chi connectivity index (χ0) is 9.30. The van der Waals surface area contributed by atoms with E-state index < -0.39 is 5.91 Å². The van der Waals surface area contributed by atoms with Gasteiger partial charge in [-0.05, 0) is 12.1 Å². The molecule has 0 heterocycles. The van der Waals surface area contributed by atoms with E-state index >= 15 is 0 Å². The summed E-state index contributed by atoms with van der Waals surface area (Å²) in [5.41, 5.74) is 5.20. The van der Waals surface area contributed by atoms with Gasteiger partial charge in [-0.15, -0.1) is 0 Å². The van der Waals surface area contributed by atoms with Gasteiger partial charge >= 0.3 is 0 Å². The van der Waals surface area contributed by atoms with Crippen LogP contribution in [0, 0.1) is 0 Å². The molecule has 0 aliphatic rings. The lowest BCUT2D eigenvalue weighted by molar-refractivity contribution is 0.100. The molecule has 12 heavy (non-hydrogen) atoms. The molecule has 5 heteroatoms. The lowest BCUT2D eigenvalue weighted by Gasteiger charge is -2.02. The number of carbonyl (C=O) groups is 1. The van der Waals surface area contributed by atoms with Gasteiger partial charge in [-0.1, -0.05) is 39.1 Å². The highest BCUT2D eigenvalue weighted by Gasteiger charge is 2.11. The Morgan fingerprint density at radius 1 is 1.33 bits per heavy atom. The zero-order valence-corrected chi connectivity index (χ0v) is 8.87. The summed E-state index contributed by atoms with van der Waals surface area (Å²) >= 11 is 14.6. The van der Waals surface area contributed by atoms with E-state index in [0.29, 0.717) is 4.47 Å². The fourth-order valence-electron chi connectivity index (χ4n) is 0.778. The van der Waals surface area contributed by atoms with E-state index in [-0.39, 0.29) is 15.6 Å². The van der Waals surface area contributed by atoms with Crippen molar-refractivity contribution in [3.63, 3.8) is 0 Å². The summed E-state index contributed by atoms with van der Waals surface area (Å²) in [7, 11) is 0. The highest BCUT2D eigenvalue weighted by molar-refractivity contribution is 9.10. The van der Waals surface area contributed by atoms with Crippen LogP contribution in [0.15, 0.2) is 16.6 Å². The van der Waals surface area contributed by atoms with E-state index in [9.17, 15) is 4.79 Å². The highest BCUT2D eigenvalue weighted by Crippen LogP contribution is 2.28. The molecule has 0 radical (unpaired) electrons. The number of hydrogen-bond donors (Lipinski definition) is 1. The van der Waals surface area contributed by atoms with Crippen molar-refractivity contribution in [3.05, 3.63) is 32.2 Å². The summed E-state index contributed by atoms with van der Waals surface area (Å²) in [5, 5.41) is 0.503. The Labute approximate surface area is 87.8 Å². The van der Waals surface area contributed by atoms with Gasteiger partial charge in [0.05, 0.1) is 15.6 Å². The number of carbonyl (C=O) groups excluding carboxylic acids is 1. The molecular formula is C7H4BrCl2NO. The normalized spacial score (nSPS) is 9.92. The summed E-state index contributed by atoms with van der Waals surface area (Å²) in [6.45, 7) is 0. The molecule has 2 nitrogen and oxygen atoms in total. The maximum Gasteiger partial charge on any atom is 0.251 e. The molecule has 0 aromatic heterocycles. The predicted molar refractivity (Wildman–Crippen MR) is 52.7 cm³/mol. The number of halogens is 3. The van der Waals surface area contributed by atoms with E-state index in [2.05, 4.69) is 15.9 Å². The molecule has 64 valence electrons. The summed E-state index contributed by atoms with van der Waals surface area (Å²) in [6.07, 6.45) is 0. The highest BCUT2D eigenvalue weighted by atomic mass is 79.9. The summed E-state index contributed by atoms with van der Waals surface area (Å²) in [4.78, 5) is 10.8. The molecule has 0 saturated carbocycles. The Morgan fingerprint density at radius 3 is 2.08 bits per heavy atom. The molecule has 1 aromatic rings. The minimum absolute atomic E-state index is 0.154. The SMILES string of the molecule is NC(=O)c1c(Cl)cc(Br)cc1Cl. The largest absolute Gasteiger partial charge is 0.366 e. The molecule has 1 rings (SSSR count). The number of primary amides is 1. The summed E-state index contributed by atoms with van der Waals surface area (Å²) in [5.74, 6) is -0.627. The van der Waals surface area contributed by atoms with Crippen LogP contribution >= 0.6 is 39.1 Å². The van der Waals surface area contributed by atoms with E-state index in [1.54, 1.807) is 12.1 Å². The monoisotopic (exact) mass is 267 g/mol. The van der Waals surface area contributed by atoms with Gasteiger partial charge in [0.25, 0.3) is 5.91 Å². The molecule has 0 aliphatic heterocycles. The fourth-order valence-corrected chi connectivity index (χ4v) is 2.17. The lowest BCUT2D eigenvalue weighted by Crippen LogP contribution is -2.12. The minimum atomic E-state index is -0.627. The van der Waals surface area contributed by atoms with E-state index in [1.165, 1.54) is 0 Å². The third-order valence-corrected chi connectivity index (χ3v) is 2.31. The van der Waals surface area contributed by atoms with Gasteiger partial charge in [-0.2, -0.15) is 0 Å². The minimum Gasteiger partial charge on any atom is -0.366 e. The van der Waals surface area contributed by atoms with Gasteiger partial charge in [0.15, 0.2) is 0 Å². The number of benzene rings is 1. The van der Waals surface area contributed by atoms with Crippen molar-refractivity contribution in [1.29, 1.82) is 0 Å². The third-order valence-electron chi connectivity index (χ3n) is 1.25. The molecule has 1 aromatic carbocycles. The second-order valence-corrected chi connectivity index (χ2v) is 3.84. The van der Waals surface area contributed by atoms with Crippen molar-refractivity contribution in [3.8, 4) is 0 Å². The van der Waals surface area contributed by atoms with Crippen LogP contribution in [0.3, 0.4) is 0 Å². The first-order valence-corrected chi connectivity index (χ1v) is 4.51. The summed E-state index contributed by atoms with van der Waals surface area (Å²) < 4.78 is 0.711. The van der Waals surface area contributed by atoms with Gasteiger partial charge < -0.3 is 5.73 Å². The first-order chi connectivity index (χ1) is 5.52. The van der Waals surface area contributed by atoms with E-state index in [0.717, 1.165) is 0 Å². The van der Waals surface area contributed by atoms with Crippen LogP contribution < -0.4 is 5.73 Å². The standard InChI is InChI=1S/C7H4BrCl2NO/c8-3-1-4(9)6(7(11)12)5(10)2-3/h1-2H,(H2,11,12). The van der Waals surface area contributed by atoms with Crippen LogP contribution in [0.2, 0.25) is 10.0 Å². The van der Waals surface area contributed by atoms with E-state index in [4.69, 9.17) is 28.9 Å². The Hall–Kier alpha value is -0.250. The van der Waals surface area contributed by atoms with Gasteiger partial charge in [-0.25, -0.2) is 0 Å². The molecular weight excluding hydrogens is 265 g/mol. The van der Waals surface area contributed by atoms with E-state index in [1.807, 2.05) is 0 Å². The second kappa shape index (κ2) is 3.64. The lowest BCUT2D eigenvalue weighted by atomic mass is 10.2. The molecule has 0 unspecified atom stereocenters. The van der Waals surface area contributed by atoms with Gasteiger partial charge in [0.2, 0.25) is 0 Å². The Kier molecular flexibility index (Phi) is 2.99. The van der Waals surface area contributed by atoms with Crippen LogP contribution in [0.25, 0.3) is 0 Å². The van der Waals surface area contributed by atoms with Gasteiger partial charge in [-0.3, -0.25) is 4.79 Å². The molecule has 0 aliphatic carbocycles. The summed E-state index contributed by atoms with van der Waals surface area (Å²) in [6, 6.07) is 3.13. The van der Waals surface area contributed by atoms with Crippen molar-refractivity contribution in [1.82, 2.24) is 0 Å². The second-order valence-electron chi connectivity index (χ2n) is 2.11. The molecule has 0 atom stereocenters. The predicted octanol–water partition coefficient (Wildman–Crippen LogP) is 2.85. The Morgan fingerprint density at radius 2 is 1.75 bits per heavy atom. The quantitative estimate of drug-likeness (QED) is 0.836. The third kappa shape index (κ3) is 1.91. The van der Waals surface area contributed by atoms with Crippen LogP contribution in [-0.2, 0) is 0 Å². The van der Waals surface area contributed by atoms with Crippen LogP contribution in [0.4, 0.5) is 0 Å². The fraction of sp³-hybridized carbons (Fsp3) is 0.